The molecule has 0 aromatic heterocycles. The van der Waals surface area contributed by atoms with Crippen LogP contribution < -0.4 is 28.0 Å². The highest BCUT2D eigenvalue weighted by molar-refractivity contribution is 8.76. The zero-order chi connectivity index (χ0) is 19.2. The van der Waals surface area contributed by atoms with Crippen LogP contribution in [0.15, 0.2) is 0 Å². The van der Waals surface area contributed by atoms with E-state index in [-0.39, 0.29) is 54.4 Å². The lowest BCUT2D eigenvalue weighted by Gasteiger charge is -2.17. The van der Waals surface area contributed by atoms with Gasteiger partial charge in [-0.15, -0.1) is 0 Å². The molecule has 11 heteroatoms. The molecule has 2 unspecified atom stereocenters. The number of hydrogen-bond acceptors (Lipinski definition) is 9. The molecule has 0 fully saturated rings. The van der Waals surface area contributed by atoms with Gasteiger partial charge in [-0.05, 0) is 6.42 Å². The molecule has 2 atom stereocenters. The molecular formula is C15H26BrN2O6S2-. The van der Waals surface area contributed by atoms with E-state index >= 15 is 0 Å². The SMILES string of the molecule is CCSSCC(NC(=O)CCC(N)C(=O)OC)C(=O)CCC(=O)OC.[Br-]. The number of rotatable bonds is 13. The lowest BCUT2D eigenvalue weighted by atomic mass is 10.1. The molecule has 0 radical (unpaired) electrons. The van der Waals surface area contributed by atoms with Crippen LogP contribution in [0.4, 0.5) is 0 Å². The quantitative estimate of drug-likeness (QED) is 0.172. The average Bonchev–Trinajstić information content (AvgIpc) is 2.62. The number of halogens is 1. The predicted octanol–water partition coefficient (Wildman–Crippen LogP) is -2.32. The predicted molar refractivity (Wildman–Crippen MR) is 98.0 cm³/mol. The minimum absolute atomic E-state index is 0. The van der Waals surface area contributed by atoms with Crippen LogP contribution in [0.25, 0.3) is 0 Å². The maximum Gasteiger partial charge on any atom is 0.322 e. The summed E-state index contributed by atoms with van der Waals surface area (Å²) in [5, 5.41) is 2.65. The van der Waals surface area contributed by atoms with E-state index in [9.17, 15) is 19.2 Å². The Hall–Kier alpha value is -0.780. The van der Waals surface area contributed by atoms with Crippen LogP contribution >= 0.6 is 21.6 Å². The molecule has 0 saturated heterocycles. The first-order valence-corrected chi connectivity index (χ1v) is 10.3. The number of amides is 1. The topological polar surface area (TPSA) is 125 Å². The summed E-state index contributed by atoms with van der Waals surface area (Å²) >= 11 is 0. The van der Waals surface area contributed by atoms with Gasteiger partial charge in [0.15, 0.2) is 5.78 Å². The first kappa shape index (κ1) is 27.4. The number of carbonyl (C=O) groups excluding carboxylic acids is 4. The number of ether oxygens (including phenoxy) is 2. The van der Waals surface area contributed by atoms with Gasteiger partial charge in [-0.3, -0.25) is 19.2 Å². The Balaban J connectivity index is 0. The van der Waals surface area contributed by atoms with Crippen molar-refractivity contribution in [3.63, 3.8) is 0 Å². The van der Waals surface area contributed by atoms with E-state index in [1.54, 1.807) is 10.8 Å². The highest BCUT2D eigenvalue weighted by atomic mass is 79.9. The molecule has 152 valence electrons. The van der Waals surface area contributed by atoms with Gasteiger partial charge < -0.3 is 37.5 Å². The van der Waals surface area contributed by atoms with E-state index in [2.05, 4.69) is 14.8 Å². The summed E-state index contributed by atoms with van der Waals surface area (Å²) < 4.78 is 9.01. The van der Waals surface area contributed by atoms with Crippen molar-refractivity contribution in [2.75, 3.05) is 25.7 Å². The van der Waals surface area contributed by atoms with Crippen molar-refractivity contribution >= 4 is 45.2 Å². The number of carbonyl (C=O) groups is 4. The van der Waals surface area contributed by atoms with Crippen molar-refractivity contribution < 1.29 is 45.6 Å². The minimum atomic E-state index is -0.880. The van der Waals surface area contributed by atoms with Crippen LogP contribution in [0, 0.1) is 0 Å². The molecule has 0 aliphatic rings. The van der Waals surface area contributed by atoms with Crippen molar-refractivity contribution in [2.45, 2.75) is 44.7 Å². The van der Waals surface area contributed by atoms with E-state index in [4.69, 9.17) is 5.73 Å². The summed E-state index contributed by atoms with van der Waals surface area (Å²) in [4.78, 5) is 46.6. The van der Waals surface area contributed by atoms with Gasteiger partial charge in [0.2, 0.25) is 5.91 Å². The maximum absolute atomic E-state index is 12.2. The first-order valence-electron chi connectivity index (χ1n) is 7.82. The highest BCUT2D eigenvalue weighted by Gasteiger charge is 2.23. The Morgan fingerprint density at radius 3 is 2.23 bits per heavy atom. The largest absolute Gasteiger partial charge is 1.00 e. The molecule has 0 rings (SSSR count). The van der Waals surface area contributed by atoms with Gasteiger partial charge in [-0.25, -0.2) is 0 Å². The fourth-order valence-electron chi connectivity index (χ4n) is 1.74. The van der Waals surface area contributed by atoms with Crippen LogP contribution in [0.5, 0.6) is 0 Å². The lowest BCUT2D eigenvalue weighted by Crippen LogP contribution is -3.00. The smallest absolute Gasteiger partial charge is 0.322 e. The standard InChI is InChI=1S/C15H26N2O6S2.BrH/c1-4-24-25-9-11(12(18)6-8-14(20)22-2)17-13(19)7-5-10(16)15(21)23-3;/h10-11H,4-9,16H2,1-3H3,(H,17,19);1H/p-1. The minimum Gasteiger partial charge on any atom is -1.00 e. The summed E-state index contributed by atoms with van der Waals surface area (Å²) in [6.45, 7) is 1.98. The van der Waals surface area contributed by atoms with Gasteiger partial charge in [-0.2, -0.15) is 0 Å². The van der Waals surface area contributed by atoms with Crippen molar-refractivity contribution in [1.29, 1.82) is 0 Å². The number of hydrogen-bond donors (Lipinski definition) is 2. The normalized spacial score (nSPS) is 12.3. The van der Waals surface area contributed by atoms with Crippen LogP contribution in [0.3, 0.4) is 0 Å². The molecule has 26 heavy (non-hydrogen) atoms. The molecule has 3 N–H and O–H groups in total. The second-order valence-corrected chi connectivity index (χ2v) is 7.82. The van der Waals surface area contributed by atoms with E-state index in [1.807, 2.05) is 6.92 Å². The van der Waals surface area contributed by atoms with Crippen molar-refractivity contribution in [3.05, 3.63) is 0 Å². The van der Waals surface area contributed by atoms with Gasteiger partial charge in [0, 0.05) is 24.3 Å². The molecule has 8 nitrogen and oxygen atoms in total. The van der Waals surface area contributed by atoms with E-state index in [1.165, 1.54) is 25.0 Å². The van der Waals surface area contributed by atoms with Gasteiger partial charge in [-0.1, -0.05) is 28.5 Å². The Bertz CT molecular complexity index is 467. The summed E-state index contributed by atoms with van der Waals surface area (Å²) in [5.41, 5.74) is 5.58. The Labute approximate surface area is 172 Å². The monoisotopic (exact) mass is 473 g/mol. The molecule has 0 bridgehead atoms. The zero-order valence-corrected chi connectivity index (χ0v) is 18.3. The number of Topliss-reactive ketones (excluding diaryl/α,β-unsaturated/α-hetero) is 1. The molecule has 0 aromatic carbocycles. The van der Waals surface area contributed by atoms with Crippen molar-refractivity contribution in [3.8, 4) is 0 Å². The second-order valence-electron chi connectivity index (χ2n) is 5.02. The van der Waals surface area contributed by atoms with Crippen LogP contribution in [0.2, 0.25) is 0 Å². The molecule has 0 spiro atoms. The third-order valence-corrected chi connectivity index (χ3v) is 5.64. The number of methoxy groups -OCH3 is 2. The van der Waals surface area contributed by atoms with E-state index in [0.29, 0.717) is 5.75 Å². The van der Waals surface area contributed by atoms with Gasteiger partial charge in [0.05, 0.1) is 26.7 Å². The highest BCUT2D eigenvalue weighted by Crippen LogP contribution is 2.22. The Kier molecular flexibility index (Phi) is 17.3. The molecular weight excluding hydrogens is 448 g/mol. The van der Waals surface area contributed by atoms with Gasteiger partial charge in [0.1, 0.15) is 6.04 Å². The third-order valence-electron chi connectivity index (χ3n) is 3.15. The number of esters is 2. The molecule has 1 amide bonds. The molecule has 0 saturated carbocycles. The summed E-state index contributed by atoms with van der Waals surface area (Å²) in [6.07, 6.45) is 0.0955. The van der Waals surface area contributed by atoms with E-state index in [0.717, 1.165) is 5.75 Å². The van der Waals surface area contributed by atoms with E-state index < -0.39 is 24.0 Å². The maximum atomic E-state index is 12.2. The Morgan fingerprint density at radius 1 is 1.04 bits per heavy atom. The van der Waals surface area contributed by atoms with Crippen LogP contribution in [-0.2, 0) is 28.7 Å². The fourth-order valence-corrected chi connectivity index (χ4v) is 3.60. The van der Waals surface area contributed by atoms with Crippen molar-refractivity contribution in [1.82, 2.24) is 5.32 Å². The summed E-state index contributed by atoms with van der Waals surface area (Å²) in [5.74, 6) is -0.409. The number of ketones is 1. The van der Waals surface area contributed by atoms with Crippen LogP contribution in [-0.4, -0.2) is 61.4 Å². The molecule has 0 aliphatic heterocycles. The zero-order valence-electron chi connectivity index (χ0n) is 15.1. The molecule has 0 aromatic rings. The molecule has 0 heterocycles. The second kappa shape index (κ2) is 16.4. The van der Waals surface area contributed by atoms with Gasteiger partial charge >= 0.3 is 11.9 Å². The number of nitrogens with two attached hydrogens (primary N) is 1. The third kappa shape index (κ3) is 12.6. The Morgan fingerprint density at radius 2 is 1.69 bits per heavy atom. The number of nitrogens with one attached hydrogen (secondary N) is 1. The first-order chi connectivity index (χ1) is 11.8. The summed E-state index contributed by atoms with van der Waals surface area (Å²) in [6, 6.07) is -1.58. The fraction of sp³-hybridized carbons (Fsp3) is 0.733. The molecule has 0 aliphatic carbocycles. The van der Waals surface area contributed by atoms with Gasteiger partial charge in [0.25, 0.3) is 0 Å². The average molecular weight is 474 g/mol. The lowest BCUT2D eigenvalue weighted by molar-refractivity contribution is -0.142. The summed E-state index contributed by atoms with van der Waals surface area (Å²) in [7, 11) is 5.52. The van der Waals surface area contributed by atoms with Crippen molar-refractivity contribution in [2.24, 2.45) is 5.73 Å². The van der Waals surface area contributed by atoms with Crippen LogP contribution in [0.1, 0.15) is 32.6 Å².